The number of amides is 1. The molecule has 1 amide bonds. The number of hydrogen-bond donors (Lipinski definition) is 2. The molecule has 1 aromatic heterocycles. The lowest BCUT2D eigenvalue weighted by atomic mass is 10.1. The van der Waals surface area contributed by atoms with Gasteiger partial charge < -0.3 is 15.4 Å². The molecule has 25 heavy (non-hydrogen) atoms. The number of rotatable bonds is 4. The Morgan fingerprint density at radius 3 is 2.56 bits per heavy atom. The summed E-state index contributed by atoms with van der Waals surface area (Å²) in [5.41, 5.74) is 0.540. The lowest BCUT2D eigenvalue weighted by Crippen LogP contribution is -2.45. The molecule has 2 heterocycles. The molecule has 1 aliphatic heterocycles. The minimum atomic E-state index is -0.0959. The number of nitrogens with one attached hydrogen (secondary N) is 2. The Hall–Kier alpha value is -1.34. The predicted molar refractivity (Wildman–Crippen MR) is 106 cm³/mol. The van der Waals surface area contributed by atoms with Gasteiger partial charge in [-0.25, -0.2) is 4.98 Å². The van der Waals surface area contributed by atoms with Crippen molar-refractivity contribution in [3.8, 4) is 11.6 Å². The second-order valence-electron chi connectivity index (χ2n) is 5.46. The van der Waals surface area contributed by atoms with Crippen molar-refractivity contribution in [2.24, 2.45) is 0 Å². The van der Waals surface area contributed by atoms with E-state index in [0.717, 1.165) is 30.4 Å². The number of pyridine rings is 1. The zero-order chi connectivity index (χ0) is 16.1. The molecule has 0 spiro atoms. The zero-order valence-corrected chi connectivity index (χ0v) is 16.6. The number of benzene rings is 1. The van der Waals surface area contributed by atoms with Crippen molar-refractivity contribution >= 4 is 46.7 Å². The van der Waals surface area contributed by atoms with E-state index in [2.05, 4.69) is 31.5 Å². The summed E-state index contributed by atoms with van der Waals surface area (Å²) in [6.45, 7) is 1.85. The highest BCUT2D eigenvalue weighted by molar-refractivity contribution is 9.10. The molecule has 5 nitrogen and oxygen atoms in total. The van der Waals surface area contributed by atoms with E-state index < -0.39 is 0 Å². The normalized spacial score (nSPS) is 16.1. The molecule has 2 N–H and O–H groups in total. The van der Waals surface area contributed by atoms with Crippen molar-refractivity contribution in [2.45, 2.75) is 18.9 Å². The third kappa shape index (κ3) is 6.47. The summed E-state index contributed by atoms with van der Waals surface area (Å²) < 4.78 is 6.63. The van der Waals surface area contributed by atoms with Gasteiger partial charge in [0.2, 0.25) is 5.88 Å². The first-order valence-electron chi connectivity index (χ1n) is 7.62. The Labute approximate surface area is 167 Å². The summed E-state index contributed by atoms with van der Waals surface area (Å²) in [5, 5.41) is 6.30. The summed E-state index contributed by atoms with van der Waals surface area (Å²) >= 11 is 3.38. The Kier molecular flexibility index (Phi) is 9.21. The van der Waals surface area contributed by atoms with Crippen LogP contribution in [0.15, 0.2) is 47.1 Å². The Bertz CT molecular complexity index is 663. The molecule has 0 aliphatic carbocycles. The first-order chi connectivity index (χ1) is 11.2. The van der Waals surface area contributed by atoms with Crippen LogP contribution in [0.25, 0.3) is 0 Å². The fraction of sp³-hybridized carbons (Fsp3) is 0.294. The van der Waals surface area contributed by atoms with E-state index in [1.807, 2.05) is 24.3 Å². The van der Waals surface area contributed by atoms with Crippen LogP contribution >= 0.6 is 40.7 Å². The van der Waals surface area contributed by atoms with E-state index in [1.54, 1.807) is 18.3 Å². The average molecular weight is 449 g/mol. The number of hydrogen-bond acceptors (Lipinski definition) is 4. The van der Waals surface area contributed by atoms with Crippen LogP contribution in [0.4, 0.5) is 0 Å². The third-order valence-corrected chi connectivity index (χ3v) is 4.20. The van der Waals surface area contributed by atoms with Crippen molar-refractivity contribution in [3.05, 3.63) is 52.6 Å². The van der Waals surface area contributed by atoms with Gasteiger partial charge in [0.25, 0.3) is 5.91 Å². The predicted octanol–water partition coefficient (Wildman–Crippen LogP) is 3.96. The topological polar surface area (TPSA) is 63.2 Å². The molecule has 3 rings (SSSR count). The van der Waals surface area contributed by atoms with E-state index >= 15 is 0 Å². The van der Waals surface area contributed by atoms with Gasteiger partial charge in [0.1, 0.15) is 5.75 Å². The maximum absolute atomic E-state index is 12.2. The fourth-order valence-corrected chi connectivity index (χ4v) is 2.71. The summed E-state index contributed by atoms with van der Waals surface area (Å²) in [4.78, 5) is 16.4. The molecule has 0 bridgehead atoms. The molecule has 0 saturated carbocycles. The fourth-order valence-electron chi connectivity index (χ4n) is 2.44. The monoisotopic (exact) mass is 447 g/mol. The number of piperidine rings is 1. The standard InChI is InChI=1S/C17H18BrN3O2.2ClH/c18-13-4-6-15(7-5-13)23-16-8-3-12(10-20-16)17(22)21-14-2-1-9-19-11-14;;/h3-8,10,14,19H,1-2,9,11H2,(H,21,22);2*1H/t14-;;/m0../s1. The van der Waals surface area contributed by atoms with Gasteiger partial charge >= 0.3 is 0 Å². The molecule has 1 fully saturated rings. The van der Waals surface area contributed by atoms with Gasteiger partial charge in [0.05, 0.1) is 5.56 Å². The highest BCUT2D eigenvalue weighted by Crippen LogP contribution is 2.21. The molecular weight excluding hydrogens is 429 g/mol. The number of aromatic nitrogens is 1. The van der Waals surface area contributed by atoms with Crippen molar-refractivity contribution in [3.63, 3.8) is 0 Å². The molecule has 1 atom stereocenters. The second-order valence-corrected chi connectivity index (χ2v) is 6.37. The lowest BCUT2D eigenvalue weighted by Gasteiger charge is -2.23. The van der Waals surface area contributed by atoms with Gasteiger partial charge in [-0.05, 0) is 49.7 Å². The summed E-state index contributed by atoms with van der Waals surface area (Å²) in [6.07, 6.45) is 3.64. The molecule has 0 unspecified atom stereocenters. The zero-order valence-electron chi connectivity index (χ0n) is 13.4. The number of carbonyl (C=O) groups is 1. The van der Waals surface area contributed by atoms with Crippen LogP contribution in [-0.2, 0) is 0 Å². The van der Waals surface area contributed by atoms with Crippen LogP contribution in [0.1, 0.15) is 23.2 Å². The minimum absolute atomic E-state index is 0. The van der Waals surface area contributed by atoms with Crippen molar-refractivity contribution in [2.75, 3.05) is 13.1 Å². The Morgan fingerprint density at radius 2 is 1.96 bits per heavy atom. The van der Waals surface area contributed by atoms with Crippen LogP contribution < -0.4 is 15.4 Å². The first kappa shape index (κ1) is 21.7. The molecule has 136 valence electrons. The highest BCUT2D eigenvalue weighted by atomic mass is 79.9. The second kappa shape index (κ2) is 10.6. The quantitative estimate of drug-likeness (QED) is 0.742. The van der Waals surface area contributed by atoms with Crippen molar-refractivity contribution in [1.82, 2.24) is 15.6 Å². The largest absolute Gasteiger partial charge is 0.439 e. The summed E-state index contributed by atoms with van der Waals surface area (Å²) in [6, 6.07) is 11.1. The molecule has 8 heteroatoms. The van der Waals surface area contributed by atoms with Gasteiger partial charge in [-0.2, -0.15) is 0 Å². The van der Waals surface area contributed by atoms with E-state index in [1.165, 1.54) is 0 Å². The van der Waals surface area contributed by atoms with Gasteiger partial charge in [0.15, 0.2) is 0 Å². The Morgan fingerprint density at radius 1 is 1.20 bits per heavy atom. The van der Waals surface area contributed by atoms with Crippen LogP contribution in [0.5, 0.6) is 11.6 Å². The van der Waals surface area contributed by atoms with E-state index in [9.17, 15) is 4.79 Å². The van der Waals surface area contributed by atoms with Gasteiger partial charge in [-0.3, -0.25) is 4.79 Å². The number of nitrogens with zero attached hydrogens (tertiary/aromatic N) is 1. The molecule has 1 saturated heterocycles. The number of ether oxygens (including phenoxy) is 1. The van der Waals surface area contributed by atoms with Crippen LogP contribution in [0, 0.1) is 0 Å². The van der Waals surface area contributed by atoms with E-state index in [0.29, 0.717) is 17.2 Å². The average Bonchev–Trinajstić information content (AvgIpc) is 2.58. The first-order valence-corrected chi connectivity index (χ1v) is 8.41. The van der Waals surface area contributed by atoms with Crippen molar-refractivity contribution < 1.29 is 9.53 Å². The molecule has 1 aliphatic rings. The van der Waals surface area contributed by atoms with E-state index in [4.69, 9.17) is 4.74 Å². The molecule has 0 radical (unpaired) electrons. The minimum Gasteiger partial charge on any atom is -0.439 e. The molecule has 1 aromatic carbocycles. The third-order valence-electron chi connectivity index (χ3n) is 3.67. The van der Waals surface area contributed by atoms with Crippen molar-refractivity contribution in [1.29, 1.82) is 0 Å². The van der Waals surface area contributed by atoms with Crippen LogP contribution in [-0.4, -0.2) is 30.0 Å². The molecule has 2 aromatic rings. The van der Waals surface area contributed by atoms with E-state index in [-0.39, 0.29) is 36.8 Å². The summed E-state index contributed by atoms with van der Waals surface area (Å²) in [5.74, 6) is 1.07. The van der Waals surface area contributed by atoms with Gasteiger partial charge in [-0.1, -0.05) is 15.9 Å². The van der Waals surface area contributed by atoms with Crippen LogP contribution in [0.2, 0.25) is 0 Å². The number of halogens is 3. The smallest absolute Gasteiger partial charge is 0.253 e. The SMILES string of the molecule is Cl.Cl.O=C(N[C@H]1CCCNC1)c1ccc(Oc2ccc(Br)cc2)nc1. The lowest BCUT2D eigenvalue weighted by molar-refractivity contribution is 0.0930. The van der Waals surface area contributed by atoms with Gasteiger partial charge in [0, 0.05) is 29.3 Å². The van der Waals surface area contributed by atoms with Gasteiger partial charge in [-0.15, -0.1) is 24.8 Å². The molecular formula is C17H20BrCl2N3O2. The maximum atomic E-state index is 12.2. The van der Waals surface area contributed by atoms with Crippen LogP contribution in [0.3, 0.4) is 0 Å². The highest BCUT2D eigenvalue weighted by Gasteiger charge is 2.16. The summed E-state index contributed by atoms with van der Waals surface area (Å²) in [7, 11) is 0. The number of carbonyl (C=O) groups excluding carboxylic acids is 1. The Balaban J connectivity index is 0.00000156. The maximum Gasteiger partial charge on any atom is 0.253 e.